The zero-order valence-electron chi connectivity index (χ0n) is 30.6. The Hall–Kier alpha value is -4.83. The zero-order chi connectivity index (χ0) is 38.0. The van der Waals surface area contributed by atoms with Crippen LogP contribution in [0.25, 0.3) is 36.6 Å². The summed E-state index contributed by atoms with van der Waals surface area (Å²) in [5, 5.41) is 17.7. The van der Waals surface area contributed by atoms with Gasteiger partial charge in [0.25, 0.3) is 0 Å². The highest BCUT2D eigenvalue weighted by Gasteiger charge is 2.38. The third kappa shape index (κ3) is 8.23. The Balaban J connectivity index is 1.11. The van der Waals surface area contributed by atoms with Crippen LogP contribution in [0.4, 0.5) is 9.59 Å². The van der Waals surface area contributed by atoms with E-state index < -0.39 is 24.3 Å². The van der Waals surface area contributed by atoms with Crippen LogP contribution in [0.15, 0.2) is 36.5 Å². The van der Waals surface area contributed by atoms with E-state index in [9.17, 15) is 24.3 Å². The van der Waals surface area contributed by atoms with Crippen molar-refractivity contribution in [3.8, 4) is 10.4 Å². The second-order valence-corrected chi connectivity index (χ2v) is 16.5. The number of nitrogens with zero attached hydrogens (tertiary/aromatic N) is 3. The molecule has 14 nitrogen and oxygen atoms in total. The van der Waals surface area contributed by atoms with Crippen molar-refractivity contribution in [2.75, 3.05) is 26.7 Å². The number of imidazole rings is 1. The van der Waals surface area contributed by atoms with Gasteiger partial charge in [-0.15, -0.1) is 22.7 Å². The number of H-pyrrole nitrogens is 1. The number of nitrogens with one attached hydrogen (secondary N) is 4. The van der Waals surface area contributed by atoms with Crippen LogP contribution < -0.4 is 21.7 Å². The van der Waals surface area contributed by atoms with Gasteiger partial charge in [0.15, 0.2) is 0 Å². The molecule has 0 spiro atoms. The molecule has 2 saturated heterocycles. The lowest BCUT2D eigenvalue weighted by Gasteiger charge is -2.30. The van der Waals surface area contributed by atoms with E-state index in [1.807, 2.05) is 38.7 Å². The minimum atomic E-state index is -1.21. The highest BCUT2D eigenvalue weighted by molar-refractivity contribution is 7.30. The highest BCUT2D eigenvalue weighted by atomic mass is 32.1. The van der Waals surface area contributed by atoms with Crippen LogP contribution in [0.2, 0.25) is 0 Å². The number of fused-ring (bicyclic) bond motifs is 2. The summed E-state index contributed by atoms with van der Waals surface area (Å²) in [6.07, 6.45) is 3.30. The van der Waals surface area contributed by atoms with E-state index in [1.165, 1.54) is 7.11 Å². The molecule has 0 bridgehead atoms. The van der Waals surface area contributed by atoms with Gasteiger partial charge in [-0.3, -0.25) is 9.59 Å². The lowest BCUT2D eigenvalue weighted by atomic mass is 10.0. The molecule has 16 heteroatoms. The third-order valence-corrected chi connectivity index (χ3v) is 12.4. The van der Waals surface area contributed by atoms with E-state index >= 15 is 0 Å². The Morgan fingerprint density at radius 3 is 2.36 bits per heavy atom. The number of likely N-dealkylation sites (tertiary alicyclic amines) is 2. The topological polar surface area (TPSA) is 195 Å². The van der Waals surface area contributed by atoms with Crippen LogP contribution in [-0.4, -0.2) is 93.7 Å². The normalized spacial score (nSPS) is 19.0. The van der Waals surface area contributed by atoms with Crippen molar-refractivity contribution >= 4 is 72.8 Å². The number of aromatic nitrogens is 2. The lowest BCUT2D eigenvalue weighted by Crippen LogP contribution is -2.53. The van der Waals surface area contributed by atoms with E-state index in [-0.39, 0.29) is 35.7 Å². The van der Waals surface area contributed by atoms with Gasteiger partial charge in [0.05, 0.1) is 34.8 Å². The number of amides is 4. The third-order valence-electron chi connectivity index (χ3n) is 10.0. The summed E-state index contributed by atoms with van der Waals surface area (Å²) >= 11 is 3.30. The molecule has 5 heterocycles. The van der Waals surface area contributed by atoms with Crippen LogP contribution in [0, 0.1) is 11.8 Å². The molecule has 4 amide bonds. The van der Waals surface area contributed by atoms with Crippen molar-refractivity contribution in [1.29, 1.82) is 0 Å². The fourth-order valence-corrected chi connectivity index (χ4v) is 9.51. The minimum Gasteiger partial charge on any atom is -0.465 e. The van der Waals surface area contributed by atoms with Crippen molar-refractivity contribution in [3.05, 3.63) is 47.2 Å². The number of rotatable bonds is 12. The number of thiophene rings is 2. The van der Waals surface area contributed by atoms with Gasteiger partial charge < -0.3 is 46.3 Å². The number of hydrogen-bond acceptors (Lipinski definition) is 10. The molecule has 7 N–H and O–H groups in total. The molecule has 3 aromatic heterocycles. The maximum Gasteiger partial charge on any atom is 0.407 e. The first kappa shape index (κ1) is 37.9. The Bertz CT molecular complexity index is 1990. The molecule has 1 aromatic carbocycles. The molecule has 0 saturated carbocycles. The number of carboxylic acid groups (broad SMARTS) is 1. The van der Waals surface area contributed by atoms with Crippen molar-refractivity contribution in [2.24, 2.45) is 17.6 Å². The Morgan fingerprint density at radius 1 is 0.981 bits per heavy atom. The summed E-state index contributed by atoms with van der Waals surface area (Å²) in [5.74, 6) is 0.105. The molecule has 4 atom stereocenters. The molecule has 6 rings (SSSR count). The summed E-state index contributed by atoms with van der Waals surface area (Å²) in [4.78, 5) is 63.9. The fraction of sp³-hybridized carbons (Fsp3) is 0.486. The largest absolute Gasteiger partial charge is 0.465 e. The van der Waals surface area contributed by atoms with Gasteiger partial charge in [-0.25, -0.2) is 14.6 Å². The predicted octanol–water partition coefficient (Wildman–Crippen LogP) is 5.68. The second kappa shape index (κ2) is 16.0. The van der Waals surface area contributed by atoms with E-state index in [1.54, 1.807) is 33.8 Å². The molecule has 2 aliphatic heterocycles. The molecular weight excluding hydrogens is 717 g/mol. The monoisotopic (exact) mass is 764 g/mol. The number of hydrogen-bond donors (Lipinski definition) is 6. The van der Waals surface area contributed by atoms with Gasteiger partial charge in [0.1, 0.15) is 17.9 Å². The summed E-state index contributed by atoms with van der Waals surface area (Å²) in [6.45, 7) is 9.21. The number of aromatic amines is 1. The first-order valence-corrected chi connectivity index (χ1v) is 19.7. The molecular formula is C37H48N8O6S2. The number of benzene rings is 1. The number of alkyl carbamates (subject to hydrolysis) is 1. The molecule has 0 radical (unpaired) electrons. The first-order chi connectivity index (χ1) is 25.3. The van der Waals surface area contributed by atoms with E-state index in [0.29, 0.717) is 31.2 Å². The number of nitrogens with two attached hydrogens (primary N) is 1. The van der Waals surface area contributed by atoms with Gasteiger partial charge in [-0.05, 0) is 67.3 Å². The van der Waals surface area contributed by atoms with Gasteiger partial charge >= 0.3 is 12.2 Å². The van der Waals surface area contributed by atoms with E-state index in [4.69, 9.17) is 15.5 Å². The number of ether oxygens (including phenoxy) is 1. The SMILES string of the molecule is COC(=O)N[C@@H](C(=O)N1CCC[C@@H]1CN/C=C(\N)c1cc2sc(-c3ccc4nc(C5CCCN5C(=O)[C@H](NC(=O)O)C(C)C)[nH]c4c3)cc2s1)C(C)C. The van der Waals surface area contributed by atoms with Gasteiger partial charge in [-0.2, -0.15) is 0 Å². The summed E-state index contributed by atoms with van der Waals surface area (Å²) in [7, 11) is 1.29. The van der Waals surface area contributed by atoms with E-state index in [2.05, 4.69) is 45.2 Å². The van der Waals surface area contributed by atoms with Crippen molar-refractivity contribution in [3.63, 3.8) is 0 Å². The average molecular weight is 765 g/mol. The summed E-state index contributed by atoms with van der Waals surface area (Å²) < 4.78 is 6.98. The molecule has 2 fully saturated rings. The van der Waals surface area contributed by atoms with Crippen LogP contribution >= 0.6 is 22.7 Å². The quantitative estimate of drug-likeness (QED) is 0.105. The second-order valence-electron chi connectivity index (χ2n) is 14.4. The maximum atomic E-state index is 13.4. The lowest BCUT2D eigenvalue weighted by molar-refractivity contribution is -0.136. The fourth-order valence-electron chi connectivity index (χ4n) is 7.19. The van der Waals surface area contributed by atoms with Crippen LogP contribution in [0.1, 0.15) is 70.1 Å². The molecule has 2 aliphatic rings. The molecule has 4 aromatic rings. The Labute approximate surface area is 316 Å². The number of methoxy groups -OCH3 is 1. The highest BCUT2D eigenvalue weighted by Crippen LogP contribution is 2.40. The Morgan fingerprint density at radius 2 is 1.66 bits per heavy atom. The van der Waals surface area contributed by atoms with Crippen molar-refractivity contribution in [1.82, 2.24) is 35.7 Å². The van der Waals surface area contributed by atoms with Crippen molar-refractivity contribution < 1.29 is 29.0 Å². The Kier molecular flexibility index (Phi) is 11.5. The number of carbonyl (C=O) groups excluding carboxylic acids is 3. The summed E-state index contributed by atoms with van der Waals surface area (Å²) in [5.41, 5.74) is 9.86. The first-order valence-electron chi connectivity index (χ1n) is 18.0. The predicted molar refractivity (Wildman–Crippen MR) is 207 cm³/mol. The van der Waals surface area contributed by atoms with Gasteiger partial charge in [-0.1, -0.05) is 33.8 Å². The molecule has 53 heavy (non-hydrogen) atoms. The van der Waals surface area contributed by atoms with Crippen LogP contribution in [-0.2, 0) is 14.3 Å². The number of carbonyl (C=O) groups is 4. The van der Waals surface area contributed by atoms with Gasteiger partial charge in [0.2, 0.25) is 11.8 Å². The van der Waals surface area contributed by atoms with Crippen molar-refractivity contribution in [2.45, 2.75) is 77.5 Å². The van der Waals surface area contributed by atoms with Crippen LogP contribution in [0.3, 0.4) is 0 Å². The smallest absolute Gasteiger partial charge is 0.407 e. The average Bonchev–Trinajstić information content (AvgIpc) is 3.95. The van der Waals surface area contributed by atoms with Gasteiger partial charge in [0, 0.05) is 46.2 Å². The van der Waals surface area contributed by atoms with E-state index in [0.717, 1.165) is 61.4 Å². The van der Waals surface area contributed by atoms with Crippen LogP contribution in [0.5, 0.6) is 0 Å². The maximum absolute atomic E-state index is 13.4. The standard InChI is InChI=1S/C37H48N8O6S2/c1-19(2)31(42-36(48)49)35(47)45-13-7-9-26(45)33-40-24-11-10-21(14-25(24)41-33)27-15-29-30(52-27)16-28(53-29)23(38)18-39-17-22-8-6-12-44(22)34(46)32(20(3)4)43-37(50)51-5/h10-11,14-16,18-20,22,26,31-32,39,42H,6-9,12-13,17,38H2,1-5H3,(H,40,41)(H,43,50)(H,48,49)/b23-18-/t22-,26?,31-,32-/m1/s1. The summed E-state index contributed by atoms with van der Waals surface area (Å²) in [6, 6.07) is 8.65. The minimum absolute atomic E-state index is 0.0112. The molecule has 1 unspecified atom stereocenters. The zero-order valence-corrected chi connectivity index (χ0v) is 32.2. The molecule has 284 valence electrons. The molecule has 0 aliphatic carbocycles.